The molecule has 1 aromatic carbocycles. The molecule has 0 amide bonds. The molecular weight excluding hydrogens is 278 g/mol. The first-order chi connectivity index (χ1) is 10.7. The largest absolute Gasteiger partial charge is 0.478 e. The van der Waals surface area contributed by atoms with Gasteiger partial charge in [-0.15, -0.1) is 0 Å². The van der Waals surface area contributed by atoms with E-state index in [-0.39, 0.29) is 11.4 Å². The maximum Gasteiger partial charge on any atom is 0.339 e. The van der Waals surface area contributed by atoms with Crippen LogP contribution in [0.3, 0.4) is 0 Å². The molecule has 1 aromatic heterocycles. The van der Waals surface area contributed by atoms with E-state index in [1.54, 1.807) is 55.7 Å². The minimum Gasteiger partial charge on any atom is -0.478 e. The number of nitrogens with zero attached hydrogens (tertiary/aromatic N) is 3. The van der Waals surface area contributed by atoms with Crippen LogP contribution >= 0.6 is 0 Å². The molecule has 5 heteroatoms. The number of nitriles is 1. The van der Waals surface area contributed by atoms with Gasteiger partial charge >= 0.3 is 5.97 Å². The Hall–Kier alpha value is -3.26. The van der Waals surface area contributed by atoms with Gasteiger partial charge in [0.2, 0.25) is 0 Å². The van der Waals surface area contributed by atoms with Crippen molar-refractivity contribution in [2.45, 2.75) is 6.92 Å². The second-order valence-corrected chi connectivity index (χ2v) is 4.40. The van der Waals surface area contributed by atoms with Gasteiger partial charge in [0.05, 0.1) is 11.6 Å². The Bertz CT molecular complexity index is 767. The van der Waals surface area contributed by atoms with Gasteiger partial charge in [0.1, 0.15) is 5.57 Å². The molecule has 0 aliphatic heterocycles. The average molecular weight is 291 g/mol. The molecule has 108 valence electrons. The highest BCUT2D eigenvalue weighted by molar-refractivity contribution is 6.14. The summed E-state index contributed by atoms with van der Waals surface area (Å²) < 4.78 is 0. The number of aromatic nitrogens is 2. The quantitative estimate of drug-likeness (QED) is 0.691. The highest BCUT2D eigenvalue weighted by Gasteiger charge is 2.12. The number of allylic oxidation sites excluding steroid dienone is 3. The summed E-state index contributed by atoms with van der Waals surface area (Å²) in [7, 11) is 0. The minimum absolute atomic E-state index is 0.0319. The van der Waals surface area contributed by atoms with E-state index in [0.717, 1.165) is 11.1 Å². The predicted octanol–water partition coefficient (Wildman–Crippen LogP) is 3.06. The second-order valence-electron chi connectivity index (χ2n) is 4.40. The summed E-state index contributed by atoms with van der Waals surface area (Å²) in [5.74, 6) is -0.924. The summed E-state index contributed by atoms with van der Waals surface area (Å²) in [6.45, 7) is 1.80. The first-order valence-corrected chi connectivity index (χ1v) is 6.55. The highest BCUT2D eigenvalue weighted by Crippen LogP contribution is 2.19. The fourth-order valence-electron chi connectivity index (χ4n) is 1.79. The van der Waals surface area contributed by atoms with E-state index in [0.29, 0.717) is 5.56 Å². The number of rotatable bonds is 4. The molecule has 0 spiro atoms. The molecule has 22 heavy (non-hydrogen) atoms. The lowest BCUT2D eigenvalue weighted by molar-refractivity contribution is -0.130. The van der Waals surface area contributed by atoms with Crippen molar-refractivity contribution in [3.05, 3.63) is 66.3 Å². The van der Waals surface area contributed by atoms with E-state index in [1.807, 2.05) is 0 Å². The Balaban J connectivity index is 2.33. The first kappa shape index (κ1) is 15.1. The molecular formula is C17H13N3O2. The van der Waals surface area contributed by atoms with Crippen molar-refractivity contribution in [3.8, 4) is 17.2 Å². The summed E-state index contributed by atoms with van der Waals surface area (Å²) in [5.41, 5.74) is 2.22. The Morgan fingerprint density at radius 1 is 1.18 bits per heavy atom. The standard InChI is InChI=1S/C17H13N3O2/c1-2-3-4-15(17(21)22)16-19-10-14(11-20-16)13-7-5-12(9-18)6-8-13/h2-8,10-11H,1H3,(H,21,22). The summed E-state index contributed by atoms with van der Waals surface area (Å²) >= 11 is 0. The van der Waals surface area contributed by atoms with Gasteiger partial charge in [-0.2, -0.15) is 5.26 Å². The molecule has 5 nitrogen and oxygen atoms in total. The molecule has 0 aliphatic carbocycles. The van der Waals surface area contributed by atoms with Crippen LogP contribution in [-0.2, 0) is 4.79 Å². The van der Waals surface area contributed by atoms with Crippen LogP contribution in [0.25, 0.3) is 16.7 Å². The third kappa shape index (κ3) is 3.44. The SMILES string of the molecule is CC=CC=C(C(=O)O)c1ncc(-c2ccc(C#N)cc2)cn1. The smallest absolute Gasteiger partial charge is 0.339 e. The van der Waals surface area contributed by atoms with Crippen LogP contribution in [0.4, 0.5) is 0 Å². The summed E-state index contributed by atoms with van der Waals surface area (Å²) in [6.07, 6.45) is 7.95. The Kier molecular flexibility index (Phi) is 4.78. The zero-order valence-corrected chi connectivity index (χ0v) is 11.9. The van der Waals surface area contributed by atoms with Crippen molar-refractivity contribution >= 4 is 11.5 Å². The molecule has 0 fully saturated rings. The number of aliphatic carboxylic acids is 1. The Morgan fingerprint density at radius 2 is 1.82 bits per heavy atom. The van der Waals surface area contributed by atoms with Gasteiger partial charge in [-0.1, -0.05) is 24.3 Å². The van der Waals surface area contributed by atoms with Crippen molar-refractivity contribution in [1.29, 1.82) is 5.26 Å². The van der Waals surface area contributed by atoms with E-state index >= 15 is 0 Å². The Morgan fingerprint density at radius 3 is 2.32 bits per heavy atom. The summed E-state index contributed by atoms with van der Waals surface area (Å²) in [6, 6.07) is 9.06. The van der Waals surface area contributed by atoms with Crippen LogP contribution in [0.5, 0.6) is 0 Å². The molecule has 2 rings (SSSR count). The fourth-order valence-corrected chi connectivity index (χ4v) is 1.79. The van der Waals surface area contributed by atoms with Crippen molar-refractivity contribution < 1.29 is 9.90 Å². The lowest BCUT2D eigenvalue weighted by Gasteiger charge is -2.03. The summed E-state index contributed by atoms with van der Waals surface area (Å²) in [4.78, 5) is 19.4. The molecule has 1 N–H and O–H groups in total. The predicted molar refractivity (Wildman–Crippen MR) is 82.6 cm³/mol. The normalized spacial score (nSPS) is 11.4. The van der Waals surface area contributed by atoms with Crippen LogP contribution in [0.1, 0.15) is 18.3 Å². The van der Waals surface area contributed by atoms with Crippen LogP contribution in [0.15, 0.2) is 54.9 Å². The van der Waals surface area contributed by atoms with Crippen LogP contribution < -0.4 is 0 Å². The lowest BCUT2D eigenvalue weighted by Crippen LogP contribution is -2.04. The van der Waals surface area contributed by atoms with Gasteiger partial charge in [-0.3, -0.25) is 0 Å². The zero-order chi connectivity index (χ0) is 15.9. The summed E-state index contributed by atoms with van der Waals surface area (Å²) in [5, 5.41) is 18.0. The van der Waals surface area contributed by atoms with Crippen LogP contribution in [-0.4, -0.2) is 21.0 Å². The third-order valence-corrected chi connectivity index (χ3v) is 2.93. The molecule has 2 aromatic rings. The lowest BCUT2D eigenvalue weighted by atomic mass is 10.1. The van der Waals surface area contributed by atoms with Gasteiger partial charge in [0.25, 0.3) is 0 Å². The van der Waals surface area contributed by atoms with Crippen molar-refractivity contribution in [2.24, 2.45) is 0 Å². The van der Waals surface area contributed by atoms with E-state index in [2.05, 4.69) is 16.0 Å². The fraction of sp³-hybridized carbons (Fsp3) is 0.0588. The third-order valence-electron chi connectivity index (χ3n) is 2.93. The number of benzene rings is 1. The first-order valence-electron chi connectivity index (χ1n) is 6.55. The van der Waals surface area contributed by atoms with Crippen molar-refractivity contribution in [3.63, 3.8) is 0 Å². The van der Waals surface area contributed by atoms with E-state index < -0.39 is 5.97 Å². The van der Waals surface area contributed by atoms with Gasteiger partial charge in [0.15, 0.2) is 5.82 Å². The maximum atomic E-state index is 11.2. The van der Waals surface area contributed by atoms with Gasteiger partial charge in [-0.25, -0.2) is 14.8 Å². The number of carboxylic acid groups (broad SMARTS) is 1. The molecule has 0 saturated carbocycles. The van der Waals surface area contributed by atoms with E-state index in [1.165, 1.54) is 6.08 Å². The van der Waals surface area contributed by atoms with Gasteiger partial charge < -0.3 is 5.11 Å². The number of carbonyl (C=O) groups is 1. The topological polar surface area (TPSA) is 86.9 Å². The van der Waals surface area contributed by atoms with Gasteiger partial charge in [-0.05, 0) is 30.7 Å². The van der Waals surface area contributed by atoms with Crippen LogP contribution in [0, 0.1) is 11.3 Å². The monoisotopic (exact) mass is 291 g/mol. The van der Waals surface area contributed by atoms with Gasteiger partial charge in [0, 0.05) is 18.0 Å². The molecule has 0 saturated heterocycles. The van der Waals surface area contributed by atoms with E-state index in [4.69, 9.17) is 5.26 Å². The van der Waals surface area contributed by atoms with Crippen LogP contribution in [0.2, 0.25) is 0 Å². The second kappa shape index (κ2) is 6.95. The molecule has 0 radical (unpaired) electrons. The van der Waals surface area contributed by atoms with Crippen molar-refractivity contribution in [1.82, 2.24) is 9.97 Å². The average Bonchev–Trinajstić information content (AvgIpc) is 2.55. The molecule has 1 heterocycles. The molecule has 0 unspecified atom stereocenters. The molecule has 0 aliphatic rings. The maximum absolute atomic E-state index is 11.2. The highest BCUT2D eigenvalue weighted by atomic mass is 16.4. The van der Waals surface area contributed by atoms with Crippen molar-refractivity contribution in [2.75, 3.05) is 0 Å². The number of hydrogen-bond donors (Lipinski definition) is 1. The number of hydrogen-bond acceptors (Lipinski definition) is 4. The molecule has 0 bridgehead atoms. The van der Waals surface area contributed by atoms with E-state index in [9.17, 15) is 9.90 Å². The zero-order valence-electron chi connectivity index (χ0n) is 11.9. The minimum atomic E-state index is -1.08. The number of carboxylic acids is 1. The molecule has 0 atom stereocenters. The Labute approximate surface area is 127 Å².